The van der Waals surface area contributed by atoms with Crippen LogP contribution < -0.4 is 11.1 Å². The molecule has 0 aliphatic rings. The summed E-state index contributed by atoms with van der Waals surface area (Å²) in [6.45, 7) is 1.70. The molecule has 1 aromatic carbocycles. The Bertz CT molecular complexity index is 1190. The highest BCUT2D eigenvalue weighted by molar-refractivity contribution is 5.81. The summed E-state index contributed by atoms with van der Waals surface area (Å²) in [6, 6.07) is 12.1. The number of hydrogen-bond acceptors (Lipinski definition) is 3. The molecule has 7 heteroatoms. The molecule has 3 heterocycles. The van der Waals surface area contributed by atoms with E-state index in [4.69, 9.17) is 0 Å². The molecule has 0 saturated carbocycles. The van der Waals surface area contributed by atoms with Crippen LogP contribution in [0.1, 0.15) is 5.69 Å². The van der Waals surface area contributed by atoms with Crippen LogP contribution >= 0.6 is 0 Å². The third-order valence-corrected chi connectivity index (χ3v) is 4.07. The minimum absolute atomic E-state index is 0.295. The van der Waals surface area contributed by atoms with Crippen molar-refractivity contribution in [3.05, 3.63) is 86.9 Å². The molecule has 0 radical (unpaired) electrons. The molecule has 0 unspecified atom stereocenters. The summed E-state index contributed by atoms with van der Waals surface area (Å²) in [4.78, 5) is 29.5. The lowest BCUT2D eigenvalue weighted by Gasteiger charge is -2.08. The number of hydrogen-bond donors (Lipinski definition) is 1. The normalized spacial score (nSPS) is 11.1. The fraction of sp³-hybridized carbons (Fsp3) is 0.0556. The molecule has 6 nitrogen and oxygen atoms in total. The summed E-state index contributed by atoms with van der Waals surface area (Å²) in [6.07, 6.45) is 1.58. The first-order valence-electron chi connectivity index (χ1n) is 7.61. The maximum atomic E-state index is 13.1. The molecule has 124 valence electrons. The van der Waals surface area contributed by atoms with Gasteiger partial charge in [-0.15, -0.1) is 0 Å². The first-order valence-corrected chi connectivity index (χ1v) is 7.61. The van der Waals surface area contributed by atoms with Crippen molar-refractivity contribution in [3.8, 4) is 11.5 Å². The van der Waals surface area contributed by atoms with E-state index < -0.39 is 0 Å². The van der Waals surface area contributed by atoms with E-state index in [0.717, 1.165) is 0 Å². The predicted molar refractivity (Wildman–Crippen MR) is 92.0 cm³/mol. The Balaban J connectivity index is 2.02. The quantitative estimate of drug-likeness (QED) is 0.610. The molecular formula is C18H13FN4O2. The van der Waals surface area contributed by atoms with Crippen LogP contribution in [0.2, 0.25) is 0 Å². The van der Waals surface area contributed by atoms with E-state index in [1.807, 2.05) is 0 Å². The Morgan fingerprint density at radius 2 is 1.84 bits per heavy atom. The Morgan fingerprint density at radius 3 is 2.52 bits per heavy atom. The third kappa shape index (κ3) is 2.37. The molecule has 0 aliphatic carbocycles. The highest BCUT2D eigenvalue weighted by Gasteiger charge is 2.16. The molecule has 4 aromatic rings. The van der Waals surface area contributed by atoms with Gasteiger partial charge in [0.25, 0.3) is 11.1 Å². The first kappa shape index (κ1) is 15.1. The summed E-state index contributed by atoms with van der Waals surface area (Å²) in [5.74, 6) is 0.0553. The molecule has 4 rings (SSSR count). The van der Waals surface area contributed by atoms with E-state index in [9.17, 15) is 14.0 Å². The lowest BCUT2D eigenvalue weighted by atomic mass is 10.2. The minimum Gasteiger partial charge on any atom is -0.290 e. The Hall–Kier alpha value is -3.48. The standard InChI is InChI=1S/C18H13FN4O2/c1-11-17-14(10-16(24)22(11)15-4-2-3-9-20-15)21-23(18(17)25)13-7-5-12(19)6-8-13/h2-10,21H,1H3. The number of nitrogens with one attached hydrogen (secondary N) is 1. The number of aryl methyl sites for hydroxylation is 1. The van der Waals surface area contributed by atoms with Crippen molar-refractivity contribution in [3.63, 3.8) is 0 Å². The van der Waals surface area contributed by atoms with Crippen LogP contribution in [0.25, 0.3) is 22.4 Å². The molecule has 0 amide bonds. The van der Waals surface area contributed by atoms with Crippen molar-refractivity contribution in [1.82, 2.24) is 19.3 Å². The van der Waals surface area contributed by atoms with Gasteiger partial charge in [0, 0.05) is 18.0 Å². The predicted octanol–water partition coefficient (Wildman–Crippen LogP) is 2.31. The van der Waals surface area contributed by atoms with Gasteiger partial charge in [0.05, 0.1) is 16.6 Å². The number of nitrogens with zero attached hydrogens (tertiary/aromatic N) is 3. The molecule has 0 bridgehead atoms. The van der Waals surface area contributed by atoms with Gasteiger partial charge in [-0.25, -0.2) is 14.1 Å². The number of benzene rings is 1. The Morgan fingerprint density at radius 1 is 1.08 bits per heavy atom. The van der Waals surface area contributed by atoms with Crippen molar-refractivity contribution < 1.29 is 4.39 Å². The fourth-order valence-electron chi connectivity index (χ4n) is 2.92. The molecule has 0 fully saturated rings. The largest absolute Gasteiger partial charge is 0.290 e. The summed E-state index contributed by atoms with van der Waals surface area (Å²) in [7, 11) is 0. The van der Waals surface area contributed by atoms with Crippen LogP contribution in [0.4, 0.5) is 4.39 Å². The number of aromatic nitrogens is 4. The second kappa shape index (κ2) is 5.55. The van der Waals surface area contributed by atoms with Crippen LogP contribution in [0.5, 0.6) is 0 Å². The topological polar surface area (TPSA) is 72.7 Å². The number of aromatic amines is 1. The van der Waals surface area contributed by atoms with Gasteiger partial charge >= 0.3 is 0 Å². The van der Waals surface area contributed by atoms with E-state index >= 15 is 0 Å². The molecule has 25 heavy (non-hydrogen) atoms. The zero-order valence-electron chi connectivity index (χ0n) is 13.2. The van der Waals surface area contributed by atoms with Gasteiger partial charge in [-0.05, 0) is 43.3 Å². The second-order valence-corrected chi connectivity index (χ2v) is 5.61. The van der Waals surface area contributed by atoms with E-state index in [1.54, 1.807) is 31.3 Å². The Labute approximate surface area is 140 Å². The zero-order valence-corrected chi connectivity index (χ0v) is 13.2. The van der Waals surface area contributed by atoms with Crippen molar-refractivity contribution in [2.75, 3.05) is 0 Å². The smallest absolute Gasteiger partial charge is 0.280 e. The number of pyridine rings is 2. The van der Waals surface area contributed by atoms with Crippen molar-refractivity contribution in [2.45, 2.75) is 6.92 Å². The zero-order chi connectivity index (χ0) is 17.6. The second-order valence-electron chi connectivity index (χ2n) is 5.61. The minimum atomic E-state index is -0.390. The highest BCUT2D eigenvalue weighted by atomic mass is 19.1. The molecule has 1 N–H and O–H groups in total. The molecule has 0 spiro atoms. The molecule has 0 saturated heterocycles. The summed E-state index contributed by atoms with van der Waals surface area (Å²) >= 11 is 0. The average Bonchev–Trinajstić information content (AvgIpc) is 2.93. The lowest BCUT2D eigenvalue weighted by molar-refractivity contribution is 0.627. The molecular weight excluding hydrogens is 323 g/mol. The van der Waals surface area contributed by atoms with Gasteiger partial charge in [0.1, 0.15) is 11.6 Å². The van der Waals surface area contributed by atoms with E-state index in [0.29, 0.717) is 28.1 Å². The van der Waals surface area contributed by atoms with Crippen LogP contribution in [-0.4, -0.2) is 19.3 Å². The maximum Gasteiger partial charge on any atom is 0.280 e. The summed E-state index contributed by atoms with van der Waals surface area (Å²) < 4.78 is 15.8. The summed E-state index contributed by atoms with van der Waals surface area (Å²) in [5, 5.41) is 3.29. The van der Waals surface area contributed by atoms with Crippen LogP contribution in [0.15, 0.2) is 64.3 Å². The number of halogens is 1. The number of H-pyrrole nitrogens is 1. The molecule has 0 atom stereocenters. The fourth-order valence-corrected chi connectivity index (χ4v) is 2.92. The number of fused-ring (bicyclic) bond motifs is 1. The van der Waals surface area contributed by atoms with Gasteiger partial charge < -0.3 is 0 Å². The average molecular weight is 336 g/mol. The van der Waals surface area contributed by atoms with E-state index in [2.05, 4.69) is 10.1 Å². The SMILES string of the molecule is Cc1c2c(=O)n(-c3ccc(F)cc3)[nH]c2cc(=O)n1-c1ccccn1. The van der Waals surface area contributed by atoms with Crippen molar-refractivity contribution in [1.29, 1.82) is 0 Å². The lowest BCUT2D eigenvalue weighted by Crippen LogP contribution is -2.22. The number of rotatable bonds is 2. The van der Waals surface area contributed by atoms with Crippen LogP contribution in [0.3, 0.4) is 0 Å². The van der Waals surface area contributed by atoms with Crippen LogP contribution in [0, 0.1) is 12.7 Å². The van der Waals surface area contributed by atoms with Gasteiger partial charge in [0.15, 0.2) is 0 Å². The molecule has 3 aromatic heterocycles. The maximum absolute atomic E-state index is 13.1. The van der Waals surface area contributed by atoms with Crippen LogP contribution in [-0.2, 0) is 0 Å². The van der Waals surface area contributed by atoms with E-state index in [1.165, 1.54) is 39.6 Å². The first-order chi connectivity index (χ1) is 12.1. The van der Waals surface area contributed by atoms with E-state index in [-0.39, 0.29) is 16.9 Å². The highest BCUT2D eigenvalue weighted by Crippen LogP contribution is 2.15. The van der Waals surface area contributed by atoms with Gasteiger partial charge in [-0.2, -0.15) is 0 Å². The summed E-state index contributed by atoms with van der Waals surface area (Å²) in [5.41, 5.74) is 0.783. The Kier molecular flexibility index (Phi) is 3.35. The van der Waals surface area contributed by atoms with Gasteiger partial charge in [-0.1, -0.05) is 6.07 Å². The van der Waals surface area contributed by atoms with Gasteiger partial charge in [-0.3, -0.25) is 19.3 Å². The van der Waals surface area contributed by atoms with Gasteiger partial charge in [0.2, 0.25) is 0 Å². The van der Waals surface area contributed by atoms with Crippen molar-refractivity contribution >= 4 is 10.9 Å². The van der Waals surface area contributed by atoms with Crippen molar-refractivity contribution in [2.24, 2.45) is 0 Å². The molecule has 0 aliphatic heterocycles. The third-order valence-electron chi connectivity index (χ3n) is 4.07. The monoisotopic (exact) mass is 336 g/mol.